The predicted molar refractivity (Wildman–Crippen MR) is 63.4 cm³/mol. The summed E-state index contributed by atoms with van der Waals surface area (Å²) < 4.78 is 4.98. The zero-order valence-corrected chi connectivity index (χ0v) is 9.95. The van der Waals surface area contributed by atoms with Crippen molar-refractivity contribution >= 4 is 5.91 Å². The van der Waals surface area contributed by atoms with E-state index in [0.29, 0.717) is 18.3 Å². The van der Waals surface area contributed by atoms with Crippen molar-refractivity contribution in [3.8, 4) is 0 Å². The quantitative estimate of drug-likeness (QED) is 0.694. The normalized spacial score (nSPS) is 12.4. The Morgan fingerprint density at radius 2 is 2.31 bits per heavy atom. The molecule has 0 saturated carbocycles. The zero-order chi connectivity index (χ0) is 11.8. The third kappa shape index (κ3) is 4.49. The van der Waals surface area contributed by atoms with Crippen LogP contribution in [-0.2, 0) is 0 Å². The first-order valence-electron chi connectivity index (χ1n) is 5.79. The van der Waals surface area contributed by atoms with Crippen LogP contribution in [0.4, 0.5) is 0 Å². The van der Waals surface area contributed by atoms with E-state index >= 15 is 0 Å². The Labute approximate surface area is 96.4 Å². The van der Waals surface area contributed by atoms with Gasteiger partial charge in [-0.05, 0) is 25.5 Å². The lowest BCUT2D eigenvalue weighted by Crippen LogP contribution is -2.35. The molecule has 2 N–H and O–H groups in total. The minimum atomic E-state index is -0.157. The molecule has 0 aliphatic heterocycles. The summed E-state index contributed by atoms with van der Waals surface area (Å²) in [5.41, 5.74) is 0. The molecule has 0 saturated heterocycles. The van der Waals surface area contributed by atoms with Gasteiger partial charge in [-0.15, -0.1) is 0 Å². The van der Waals surface area contributed by atoms with Crippen LogP contribution in [0.15, 0.2) is 22.8 Å². The second kappa shape index (κ2) is 7.06. The fraction of sp³-hybridized carbons (Fsp3) is 0.583. The predicted octanol–water partition coefficient (Wildman–Crippen LogP) is 1.79. The average Bonchev–Trinajstić information content (AvgIpc) is 2.78. The average molecular weight is 224 g/mol. The summed E-state index contributed by atoms with van der Waals surface area (Å²) in [5, 5.41) is 6.13. The lowest BCUT2D eigenvalue weighted by atomic mass is 10.2. The van der Waals surface area contributed by atoms with E-state index < -0.39 is 0 Å². The van der Waals surface area contributed by atoms with Gasteiger partial charge in [-0.2, -0.15) is 0 Å². The van der Waals surface area contributed by atoms with Gasteiger partial charge in [-0.25, -0.2) is 0 Å². The zero-order valence-electron chi connectivity index (χ0n) is 9.95. The Bertz CT molecular complexity index is 296. The second-order valence-corrected chi connectivity index (χ2v) is 3.88. The molecular weight excluding hydrogens is 204 g/mol. The molecule has 1 amide bonds. The number of furan rings is 1. The molecule has 0 aromatic carbocycles. The topological polar surface area (TPSA) is 54.3 Å². The Kier molecular flexibility index (Phi) is 5.64. The molecule has 1 heterocycles. The summed E-state index contributed by atoms with van der Waals surface area (Å²) in [6.07, 6.45) is 3.83. The first kappa shape index (κ1) is 12.8. The van der Waals surface area contributed by atoms with Gasteiger partial charge >= 0.3 is 0 Å². The molecule has 1 unspecified atom stereocenters. The van der Waals surface area contributed by atoms with E-state index in [2.05, 4.69) is 24.5 Å². The smallest absolute Gasteiger partial charge is 0.287 e. The lowest BCUT2D eigenvalue weighted by molar-refractivity contribution is 0.0926. The van der Waals surface area contributed by atoms with E-state index in [0.717, 1.165) is 13.0 Å². The summed E-state index contributed by atoms with van der Waals surface area (Å²) in [6.45, 7) is 5.72. The van der Waals surface area contributed by atoms with E-state index in [1.165, 1.54) is 12.7 Å². The number of rotatable bonds is 7. The molecule has 4 heteroatoms. The summed E-state index contributed by atoms with van der Waals surface area (Å²) in [4.78, 5) is 11.4. The molecule has 1 aromatic heterocycles. The minimum Gasteiger partial charge on any atom is -0.459 e. The molecule has 90 valence electrons. The summed E-state index contributed by atoms with van der Waals surface area (Å²) in [7, 11) is 0. The van der Waals surface area contributed by atoms with E-state index in [1.54, 1.807) is 12.1 Å². The van der Waals surface area contributed by atoms with E-state index in [9.17, 15) is 4.79 Å². The Hall–Kier alpha value is -1.29. The standard InChI is InChI=1S/C12H20N2O2/c1-3-5-10(2)13-7-8-14-12(15)11-6-4-9-16-11/h4,6,9-10,13H,3,5,7-8H2,1-2H3,(H,14,15). The van der Waals surface area contributed by atoms with Crippen molar-refractivity contribution in [1.82, 2.24) is 10.6 Å². The van der Waals surface area contributed by atoms with E-state index in [4.69, 9.17) is 4.42 Å². The first-order chi connectivity index (χ1) is 7.74. The summed E-state index contributed by atoms with van der Waals surface area (Å²) in [6, 6.07) is 3.87. The van der Waals surface area contributed by atoms with E-state index in [1.807, 2.05) is 0 Å². The fourth-order valence-electron chi connectivity index (χ4n) is 1.52. The van der Waals surface area contributed by atoms with Crippen LogP contribution >= 0.6 is 0 Å². The number of amides is 1. The molecule has 16 heavy (non-hydrogen) atoms. The molecule has 1 rings (SSSR count). The Balaban J connectivity index is 2.09. The maximum atomic E-state index is 11.4. The number of hydrogen-bond donors (Lipinski definition) is 2. The Morgan fingerprint density at radius 3 is 2.94 bits per heavy atom. The van der Waals surface area contributed by atoms with Gasteiger partial charge < -0.3 is 15.1 Å². The van der Waals surface area contributed by atoms with Crippen molar-refractivity contribution in [2.75, 3.05) is 13.1 Å². The van der Waals surface area contributed by atoms with Crippen molar-refractivity contribution in [3.05, 3.63) is 24.2 Å². The highest BCUT2D eigenvalue weighted by Crippen LogP contribution is 1.98. The second-order valence-electron chi connectivity index (χ2n) is 3.88. The minimum absolute atomic E-state index is 0.157. The van der Waals surface area contributed by atoms with Crippen LogP contribution in [0.25, 0.3) is 0 Å². The third-order valence-electron chi connectivity index (χ3n) is 2.37. The number of hydrogen-bond acceptors (Lipinski definition) is 3. The highest BCUT2D eigenvalue weighted by molar-refractivity contribution is 5.91. The van der Waals surface area contributed by atoms with Crippen molar-refractivity contribution in [2.45, 2.75) is 32.7 Å². The molecule has 0 spiro atoms. The van der Waals surface area contributed by atoms with Crippen molar-refractivity contribution < 1.29 is 9.21 Å². The first-order valence-corrected chi connectivity index (χ1v) is 5.79. The lowest BCUT2D eigenvalue weighted by Gasteiger charge is -2.12. The van der Waals surface area contributed by atoms with Gasteiger partial charge in [0.1, 0.15) is 0 Å². The van der Waals surface area contributed by atoms with Crippen molar-refractivity contribution in [1.29, 1.82) is 0 Å². The molecule has 0 aliphatic carbocycles. The molecule has 1 aromatic rings. The fourth-order valence-corrected chi connectivity index (χ4v) is 1.52. The molecular formula is C12H20N2O2. The third-order valence-corrected chi connectivity index (χ3v) is 2.37. The number of nitrogens with one attached hydrogen (secondary N) is 2. The van der Waals surface area contributed by atoms with Gasteiger partial charge in [0.25, 0.3) is 5.91 Å². The van der Waals surface area contributed by atoms with Gasteiger partial charge in [-0.1, -0.05) is 13.3 Å². The largest absolute Gasteiger partial charge is 0.459 e. The van der Waals surface area contributed by atoms with Crippen molar-refractivity contribution in [2.24, 2.45) is 0 Å². The molecule has 4 nitrogen and oxygen atoms in total. The van der Waals surface area contributed by atoms with Crippen LogP contribution in [0, 0.1) is 0 Å². The molecule has 1 atom stereocenters. The van der Waals surface area contributed by atoms with Crippen LogP contribution in [0.5, 0.6) is 0 Å². The van der Waals surface area contributed by atoms with Gasteiger partial charge in [-0.3, -0.25) is 4.79 Å². The summed E-state index contributed by atoms with van der Waals surface area (Å²) >= 11 is 0. The number of carbonyl (C=O) groups is 1. The van der Waals surface area contributed by atoms with E-state index in [-0.39, 0.29) is 5.91 Å². The van der Waals surface area contributed by atoms with Crippen LogP contribution in [0.2, 0.25) is 0 Å². The van der Waals surface area contributed by atoms with Gasteiger partial charge in [0.2, 0.25) is 0 Å². The monoisotopic (exact) mass is 224 g/mol. The number of carbonyl (C=O) groups excluding carboxylic acids is 1. The molecule has 0 bridgehead atoms. The van der Waals surface area contributed by atoms with Gasteiger partial charge in [0.15, 0.2) is 5.76 Å². The summed E-state index contributed by atoms with van der Waals surface area (Å²) in [5.74, 6) is 0.205. The van der Waals surface area contributed by atoms with Gasteiger partial charge in [0, 0.05) is 19.1 Å². The maximum absolute atomic E-state index is 11.4. The van der Waals surface area contributed by atoms with Crippen LogP contribution in [0.1, 0.15) is 37.2 Å². The molecule has 0 fully saturated rings. The highest BCUT2D eigenvalue weighted by atomic mass is 16.3. The van der Waals surface area contributed by atoms with Gasteiger partial charge in [0.05, 0.1) is 6.26 Å². The molecule has 0 radical (unpaired) electrons. The maximum Gasteiger partial charge on any atom is 0.287 e. The van der Waals surface area contributed by atoms with Crippen LogP contribution in [-0.4, -0.2) is 25.0 Å². The highest BCUT2D eigenvalue weighted by Gasteiger charge is 2.06. The Morgan fingerprint density at radius 1 is 1.50 bits per heavy atom. The van der Waals surface area contributed by atoms with Crippen molar-refractivity contribution in [3.63, 3.8) is 0 Å². The SMILES string of the molecule is CCCC(C)NCCNC(=O)c1ccco1. The van der Waals surface area contributed by atoms with Crippen LogP contribution in [0.3, 0.4) is 0 Å². The van der Waals surface area contributed by atoms with Crippen LogP contribution < -0.4 is 10.6 Å². The molecule has 0 aliphatic rings.